The summed E-state index contributed by atoms with van der Waals surface area (Å²) in [5.74, 6) is 1.72. The van der Waals surface area contributed by atoms with Crippen LogP contribution in [0.1, 0.15) is 50.3 Å². The molecule has 1 heterocycles. The van der Waals surface area contributed by atoms with Crippen LogP contribution in [0.5, 0.6) is 0 Å². The van der Waals surface area contributed by atoms with Gasteiger partial charge in [0.05, 0.1) is 0 Å². The maximum atomic E-state index is 4.84. The van der Waals surface area contributed by atoms with E-state index in [2.05, 4.69) is 32.2 Å². The Morgan fingerprint density at radius 3 is 2.56 bits per heavy atom. The molecule has 0 saturated heterocycles. The molecule has 0 amide bonds. The third kappa shape index (κ3) is 2.72. The van der Waals surface area contributed by atoms with Gasteiger partial charge in [0.2, 0.25) is 0 Å². The fraction of sp³-hybridized carbons (Fsp3) is 0.733. The van der Waals surface area contributed by atoms with Gasteiger partial charge in [-0.3, -0.25) is 0 Å². The highest BCUT2D eigenvalue weighted by Gasteiger charge is 2.40. The smallest absolute Gasteiger partial charge is 0.136 e. The van der Waals surface area contributed by atoms with E-state index in [0.717, 1.165) is 24.5 Å². The second kappa shape index (κ2) is 5.35. The minimum Gasteiger partial charge on any atom is -0.319 e. The summed E-state index contributed by atoms with van der Waals surface area (Å²) in [6.07, 6.45) is 4.79. The molecular weight excluding hydrogens is 222 g/mol. The highest BCUT2D eigenvalue weighted by molar-refractivity contribution is 5.20. The molecule has 1 aromatic heterocycles. The Labute approximate surface area is 110 Å². The Balaban J connectivity index is 2.29. The first-order valence-electron chi connectivity index (χ1n) is 7.05. The van der Waals surface area contributed by atoms with Crippen molar-refractivity contribution in [2.45, 2.75) is 51.9 Å². The zero-order valence-electron chi connectivity index (χ0n) is 12.1. The largest absolute Gasteiger partial charge is 0.319 e. The minimum atomic E-state index is 0.201. The summed E-state index contributed by atoms with van der Waals surface area (Å²) in [4.78, 5) is 9.54. The molecule has 1 N–H and O–H groups in total. The van der Waals surface area contributed by atoms with Crippen molar-refractivity contribution in [3.63, 3.8) is 0 Å². The maximum Gasteiger partial charge on any atom is 0.136 e. The lowest BCUT2D eigenvalue weighted by Gasteiger charge is -2.40. The van der Waals surface area contributed by atoms with Crippen LogP contribution >= 0.6 is 0 Å². The molecule has 2 rings (SSSR count). The van der Waals surface area contributed by atoms with Gasteiger partial charge in [-0.1, -0.05) is 20.3 Å². The van der Waals surface area contributed by atoms with Crippen LogP contribution < -0.4 is 5.32 Å². The third-order valence-corrected chi connectivity index (χ3v) is 3.82. The molecule has 3 heteroatoms. The normalized spacial score (nSPS) is 17.8. The van der Waals surface area contributed by atoms with Gasteiger partial charge in [0.15, 0.2) is 0 Å². The van der Waals surface area contributed by atoms with E-state index in [4.69, 9.17) is 9.97 Å². The van der Waals surface area contributed by atoms with Crippen molar-refractivity contribution in [2.24, 2.45) is 5.92 Å². The SMILES string of the molecule is CNCC1(c2nc(C)cc(CC(C)C)n2)CCC1. The molecule has 1 fully saturated rings. The molecule has 100 valence electrons. The number of nitrogens with zero attached hydrogens (tertiary/aromatic N) is 2. The molecule has 1 aromatic rings. The summed E-state index contributed by atoms with van der Waals surface area (Å²) in [7, 11) is 2.02. The van der Waals surface area contributed by atoms with Crippen LogP contribution in [0.15, 0.2) is 6.07 Å². The Hall–Kier alpha value is -0.960. The predicted molar refractivity (Wildman–Crippen MR) is 74.8 cm³/mol. The van der Waals surface area contributed by atoms with Crippen LogP contribution in [0.4, 0.5) is 0 Å². The van der Waals surface area contributed by atoms with Crippen LogP contribution in [-0.2, 0) is 11.8 Å². The molecule has 1 saturated carbocycles. The Bertz CT molecular complexity index is 408. The van der Waals surface area contributed by atoms with Crippen LogP contribution in [0.2, 0.25) is 0 Å². The number of hydrogen-bond acceptors (Lipinski definition) is 3. The van der Waals surface area contributed by atoms with Crippen LogP contribution in [-0.4, -0.2) is 23.6 Å². The Kier molecular flexibility index (Phi) is 4.00. The van der Waals surface area contributed by atoms with Crippen molar-refractivity contribution < 1.29 is 0 Å². The van der Waals surface area contributed by atoms with E-state index in [0.29, 0.717) is 5.92 Å². The number of nitrogens with one attached hydrogen (secondary N) is 1. The van der Waals surface area contributed by atoms with Gasteiger partial charge < -0.3 is 5.32 Å². The molecule has 0 unspecified atom stereocenters. The van der Waals surface area contributed by atoms with E-state index in [9.17, 15) is 0 Å². The first-order valence-corrected chi connectivity index (χ1v) is 7.05. The third-order valence-electron chi connectivity index (χ3n) is 3.82. The van der Waals surface area contributed by atoms with E-state index >= 15 is 0 Å². The van der Waals surface area contributed by atoms with Gasteiger partial charge in [0.25, 0.3) is 0 Å². The summed E-state index contributed by atoms with van der Waals surface area (Å²) in [6.45, 7) is 7.56. The van der Waals surface area contributed by atoms with Gasteiger partial charge in [-0.25, -0.2) is 9.97 Å². The number of hydrogen-bond donors (Lipinski definition) is 1. The monoisotopic (exact) mass is 247 g/mol. The van der Waals surface area contributed by atoms with Crippen molar-refractivity contribution in [2.75, 3.05) is 13.6 Å². The molecular formula is C15H25N3. The van der Waals surface area contributed by atoms with E-state index in [1.54, 1.807) is 0 Å². The lowest BCUT2D eigenvalue weighted by atomic mass is 9.68. The Morgan fingerprint density at radius 2 is 2.06 bits per heavy atom. The second-order valence-corrected chi connectivity index (χ2v) is 6.09. The summed E-state index contributed by atoms with van der Waals surface area (Å²) < 4.78 is 0. The lowest BCUT2D eigenvalue weighted by molar-refractivity contribution is 0.223. The molecule has 18 heavy (non-hydrogen) atoms. The standard InChI is InChI=1S/C15H25N3/c1-11(2)8-13-9-12(3)17-14(18-13)15(10-16-4)6-5-7-15/h9,11,16H,5-8,10H2,1-4H3. The van der Waals surface area contributed by atoms with E-state index in [-0.39, 0.29) is 5.41 Å². The Morgan fingerprint density at radius 1 is 1.33 bits per heavy atom. The van der Waals surface area contributed by atoms with E-state index in [1.807, 2.05) is 7.05 Å². The summed E-state index contributed by atoms with van der Waals surface area (Å²) in [6, 6.07) is 2.13. The highest BCUT2D eigenvalue weighted by atomic mass is 15.0. The molecule has 0 spiro atoms. The van der Waals surface area contributed by atoms with Crippen molar-refractivity contribution >= 4 is 0 Å². The molecule has 0 aromatic carbocycles. The predicted octanol–water partition coefficient (Wildman–Crippen LogP) is 2.62. The number of aryl methyl sites for hydroxylation is 1. The zero-order chi connectivity index (χ0) is 13.2. The molecule has 1 aliphatic carbocycles. The number of likely N-dealkylation sites (N-methyl/N-ethyl adjacent to an activating group) is 1. The van der Waals surface area contributed by atoms with Crippen molar-refractivity contribution in [3.8, 4) is 0 Å². The van der Waals surface area contributed by atoms with Crippen molar-refractivity contribution in [1.29, 1.82) is 0 Å². The molecule has 3 nitrogen and oxygen atoms in total. The average Bonchev–Trinajstić information content (AvgIpc) is 2.21. The maximum absolute atomic E-state index is 4.84. The molecule has 0 atom stereocenters. The van der Waals surface area contributed by atoms with Crippen molar-refractivity contribution in [1.82, 2.24) is 15.3 Å². The van der Waals surface area contributed by atoms with Gasteiger partial charge in [0.1, 0.15) is 5.82 Å². The molecule has 0 bridgehead atoms. The molecule has 0 aliphatic heterocycles. The minimum absolute atomic E-state index is 0.201. The summed E-state index contributed by atoms with van der Waals surface area (Å²) in [5, 5.41) is 3.31. The van der Waals surface area contributed by atoms with Crippen LogP contribution in [0, 0.1) is 12.8 Å². The number of aromatic nitrogens is 2. The molecule has 0 radical (unpaired) electrons. The van der Waals surface area contributed by atoms with Gasteiger partial charge in [-0.15, -0.1) is 0 Å². The van der Waals surface area contributed by atoms with Crippen LogP contribution in [0.3, 0.4) is 0 Å². The van der Waals surface area contributed by atoms with E-state index < -0.39 is 0 Å². The van der Waals surface area contributed by atoms with Gasteiger partial charge in [-0.05, 0) is 45.2 Å². The second-order valence-electron chi connectivity index (χ2n) is 6.09. The summed E-state index contributed by atoms with van der Waals surface area (Å²) >= 11 is 0. The van der Waals surface area contributed by atoms with Crippen molar-refractivity contribution in [3.05, 3.63) is 23.3 Å². The average molecular weight is 247 g/mol. The van der Waals surface area contributed by atoms with E-state index in [1.165, 1.54) is 25.0 Å². The first-order chi connectivity index (χ1) is 8.55. The van der Waals surface area contributed by atoms with Crippen LogP contribution in [0.25, 0.3) is 0 Å². The lowest BCUT2D eigenvalue weighted by Crippen LogP contribution is -2.44. The summed E-state index contributed by atoms with van der Waals surface area (Å²) in [5.41, 5.74) is 2.51. The van der Waals surface area contributed by atoms with Gasteiger partial charge in [-0.2, -0.15) is 0 Å². The van der Waals surface area contributed by atoms with Gasteiger partial charge >= 0.3 is 0 Å². The number of rotatable bonds is 5. The van der Waals surface area contributed by atoms with Gasteiger partial charge in [0, 0.05) is 23.3 Å². The zero-order valence-corrected chi connectivity index (χ0v) is 12.1. The highest BCUT2D eigenvalue weighted by Crippen LogP contribution is 2.41. The first kappa shape index (κ1) is 13.5. The fourth-order valence-electron chi connectivity index (χ4n) is 2.82. The molecule has 1 aliphatic rings. The quantitative estimate of drug-likeness (QED) is 0.869. The topological polar surface area (TPSA) is 37.8 Å². The fourth-order valence-corrected chi connectivity index (χ4v) is 2.82.